The zero-order valence-electron chi connectivity index (χ0n) is 8.92. The first-order valence-electron chi connectivity index (χ1n) is 4.87. The van der Waals surface area contributed by atoms with E-state index in [4.69, 9.17) is 16.0 Å². The summed E-state index contributed by atoms with van der Waals surface area (Å²) in [6, 6.07) is 8.34. The SMILES string of the molecule is O=C(Nc1ccc([N+](=O)[O-])cc1)c1ccc(Cl)o1. The highest BCUT2D eigenvalue weighted by molar-refractivity contribution is 6.29. The normalized spacial score (nSPS) is 10.1. The second kappa shape index (κ2) is 4.89. The van der Waals surface area contributed by atoms with Gasteiger partial charge in [-0.15, -0.1) is 0 Å². The van der Waals surface area contributed by atoms with Crippen LogP contribution in [-0.4, -0.2) is 10.8 Å². The van der Waals surface area contributed by atoms with E-state index in [0.29, 0.717) is 5.69 Å². The van der Waals surface area contributed by atoms with Crippen molar-refractivity contribution >= 4 is 28.9 Å². The van der Waals surface area contributed by atoms with Gasteiger partial charge in [0.15, 0.2) is 11.0 Å². The predicted molar refractivity (Wildman–Crippen MR) is 64.8 cm³/mol. The Balaban J connectivity index is 2.10. The van der Waals surface area contributed by atoms with Gasteiger partial charge in [-0.2, -0.15) is 0 Å². The van der Waals surface area contributed by atoms with Crippen LogP contribution < -0.4 is 5.32 Å². The molecule has 0 bridgehead atoms. The molecule has 1 aromatic carbocycles. The number of hydrogen-bond donors (Lipinski definition) is 1. The second-order valence-electron chi connectivity index (χ2n) is 3.36. The van der Waals surface area contributed by atoms with Gasteiger partial charge in [0.2, 0.25) is 0 Å². The third-order valence-corrected chi connectivity index (χ3v) is 2.34. The Bertz CT molecular complexity index is 591. The van der Waals surface area contributed by atoms with E-state index in [1.807, 2.05) is 0 Å². The molecular weight excluding hydrogens is 260 g/mol. The molecule has 0 aliphatic heterocycles. The number of carbonyl (C=O) groups excluding carboxylic acids is 1. The minimum atomic E-state index is -0.516. The summed E-state index contributed by atoms with van der Waals surface area (Å²) in [7, 11) is 0. The summed E-state index contributed by atoms with van der Waals surface area (Å²) in [5.41, 5.74) is 0.382. The molecule has 0 spiro atoms. The molecule has 2 aromatic rings. The maximum Gasteiger partial charge on any atom is 0.291 e. The molecule has 0 unspecified atom stereocenters. The number of hydrogen-bond acceptors (Lipinski definition) is 4. The lowest BCUT2D eigenvalue weighted by Crippen LogP contribution is -2.10. The van der Waals surface area contributed by atoms with Crippen LogP contribution in [0.25, 0.3) is 0 Å². The van der Waals surface area contributed by atoms with Gasteiger partial charge in [0.25, 0.3) is 11.6 Å². The lowest BCUT2D eigenvalue weighted by molar-refractivity contribution is -0.384. The van der Waals surface area contributed by atoms with Crippen LogP contribution in [0.4, 0.5) is 11.4 Å². The van der Waals surface area contributed by atoms with Crippen molar-refractivity contribution < 1.29 is 14.1 Å². The summed E-state index contributed by atoms with van der Waals surface area (Å²) < 4.78 is 4.92. The topological polar surface area (TPSA) is 85.4 Å². The average Bonchev–Trinajstić information content (AvgIpc) is 2.76. The number of benzene rings is 1. The Kier molecular flexibility index (Phi) is 3.29. The third-order valence-electron chi connectivity index (χ3n) is 2.13. The number of nitrogens with one attached hydrogen (secondary N) is 1. The molecule has 2 rings (SSSR count). The molecule has 0 atom stereocenters. The quantitative estimate of drug-likeness (QED) is 0.683. The van der Waals surface area contributed by atoms with Crippen LogP contribution in [-0.2, 0) is 0 Å². The van der Waals surface area contributed by atoms with Gasteiger partial charge in [0, 0.05) is 17.8 Å². The number of nitrogens with zero attached hydrogens (tertiary/aromatic N) is 1. The van der Waals surface area contributed by atoms with Gasteiger partial charge in [-0.1, -0.05) is 0 Å². The van der Waals surface area contributed by atoms with Crippen LogP contribution in [0.2, 0.25) is 5.22 Å². The van der Waals surface area contributed by atoms with E-state index in [1.54, 1.807) is 0 Å². The van der Waals surface area contributed by atoms with Gasteiger partial charge in [-0.3, -0.25) is 14.9 Å². The van der Waals surface area contributed by atoms with Gasteiger partial charge in [-0.05, 0) is 35.9 Å². The molecule has 7 heteroatoms. The Morgan fingerprint density at radius 2 is 1.89 bits per heavy atom. The zero-order valence-corrected chi connectivity index (χ0v) is 9.68. The van der Waals surface area contributed by atoms with E-state index in [-0.39, 0.29) is 16.7 Å². The molecular formula is C11H7ClN2O4. The third kappa shape index (κ3) is 2.67. The zero-order chi connectivity index (χ0) is 13.1. The number of furan rings is 1. The maximum absolute atomic E-state index is 11.6. The molecule has 0 fully saturated rings. The van der Waals surface area contributed by atoms with Crippen molar-refractivity contribution in [1.82, 2.24) is 0 Å². The van der Waals surface area contributed by atoms with Crippen LogP contribution in [0.3, 0.4) is 0 Å². The van der Waals surface area contributed by atoms with E-state index >= 15 is 0 Å². The number of amides is 1. The molecule has 1 amide bonds. The average molecular weight is 267 g/mol. The molecule has 6 nitrogen and oxygen atoms in total. The molecule has 0 aliphatic rings. The summed E-state index contributed by atoms with van der Waals surface area (Å²) in [6.45, 7) is 0. The Morgan fingerprint density at radius 1 is 1.22 bits per heavy atom. The smallest absolute Gasteiger partial charge is 0.291 e. The maximum atomic E-state index is 11.6. The van der Waals surface area contributed by atoms with Crippen molar-refractivity contribution in [3.63, 3.8) is 0 Å². The lowest BCUT2D eigenvalue weighted by Gasteiger charge is -2.02. The Labute approximate surface area is 106 Å². The van der Waals surface area contributed by atoms with Gasteiger partial charge in [-0.25, -0.2) is 0 Å². The van der Waals surface area contributed by atoms with Crippen molar-refractivity contribution in [2.24, 2.45) is 0 Å². The van der Waals surface area contributed by atoms with Crippen LogP contribution in [0.5, 0.6) is 0 Å². The molecule has 0 saturated heterocycles. The first-order valence-corrected chi connectivity index (χ1v) is 5.25. The van der Waals surface area contributed by atoms with Gasteiger partial charge >= 0.3 is 0 Å². The van der Waals surface area contributed by atoms with Crippen molar-refractivity contribution in [3.05, 3.63) is 57.5 Å². The largest absolute Gasteiger partial charge is 0.440 e. The minimum Gasteiger partial charge on any atom is -0.440 e. The Hall–Kier alpha value is -2.34. The molecule has 92 valence electrons. The van der Waals surface area contributed by atoms with Gasteiger partial charge in [0.05, 0.1) is 4.92 Å². The fourth-order valence-electron chi connectivity index (χ4n) is 1.30. The summed E-state index contributed by atoms with van der Waals surface area (Å²) in [4.78, 5) is 21.6. The molecule has 18 heavy (non-hydrogen) atoms. The van der Waals surface area contributed by atoms with E-state index in [9.17, 15) is 14.9 Å². The highest BCUT2D eigenvalue weighted by Crippen LogP contribution is 2.18. The van der Waals surface area contributed by atoms with E-state index in [2.05, 4.69) is 5.32 Å². The number of halogens is 1. The first kappa shape index (κ1) is 12.1. The Morgan fingerprint density at radius 3 is 2.39 bits per heavy atom. The van der Waals surface area contributed by atoms with Crippen LogP contribution >= 0.6 is 11.6 Å². The summed E-state index contributed by atoms with van der Waals surface area (Å²) in [5.74, 6) is -0.408. The summed E-state index contributed by atoms with van der Waals surface area (Å²) >= 11 is 5.54. The molecule has 1 aromatic heterocycles. The monoisotopic (exact) mass is 266 g/mol. The lowest BCUT2D eigenvalue weighted by atomic mass is 10.3. The number of nitro groups is 1. The molecule has 0 aliphatic carbocycles. The molecule has 1 heterocycles. The highest BCUT2D eigenvalue weighted by Gasteiger charge is 2.11. The van der Waals surface area contributed by atoms with Crippen LogP contribution in [0.15, 0.2) is 40.8 Å². The molecule has 1 N–H and O–H groups in total. The fraction of sp³-hybridized carbons (Fsp3) is 0. The number of rotatable bonds is 3. The van der Waals surface area contributed by atoms with Crippen LogP contribution in [0.1, 0.15) is 10.6 Å². The van der Waals surface area contributed by atoms with Crippen molar-refractivity contribution in [1.29, 1.82) is 0 Å². The predicted octanol–water partition coefficient (Wildman–Crippen LogP) is 3.09. The highest BCUT2D eigenvalue weighted by atomic mass is 35.5. The minimum absolute atomic E-state index is 0.0472. The van der Waals surface area contributed by atoms with Crippen molar-refractivity contribution in [2.75, 3.05) is 5.32 Å². The summed E-state index contributed by atoms with van der Waals surface area (Å²) in [6.07, 6.45) is 0. The van der Waals surface area contributed by atoms with E-state index in [1.165, 1.54) is 36.4 Å². The van der Waals surface area contributed by atoms with Crippen molar-refractivity contribution in [2.45, 2.75) is 0 Å². The van der Waals surface area contributed by atoms with Gasteiger partial charge in [0.1, 0.15) is 0 Å². The molecule has 0 saturated carbocycles. The molecule has 0 radical (unpaired) electrons. The number of non-ortho nitro benzene ring substituents is 1. The number of nitro benzene ring substituents is 1. The van der Waals surface area contributed by atoms with Gasteiger partial charge < -0.3 is 9.73 Å². The first-order chi connectivity index (χ1) is 8.56. The van der Waals surface area contributed by atoms with Crippen LogP contribution in [0, 0.1) is 10.1 Å². The van der Waals surface area contributed by atoms with E-state index in [0.717, 1.165) is 0 Å². The standard InChI is InChI=1S/C11H7ClN2O4/c12-10-6-5-9(18-10)11(15)13-7-1-3-8(4-2-7)14(16)17/h1-6H,(H,13,15). The number of anilines is 1. The van der Waals surface area contributed by atoms with Crippen molar-refractivity contribution in [3.8, 4) is 0 Å². The fourth-order valence-corrected chi connectivity index (χ4v) is 1.44. The second-order valence-corrected chi connectivity index (χ2v) is 3.73. The number of carbonyl (C=O) groups is 1. The van der Waals surface area contributed by atoms with E-state index < -0.39 is 10.8 Å². The summed E-state index contributed by atoms with van der Waals surface area (Å²) in [5, 5.41) is 13.1.